The summed E-state index contributed by atoms with van der Waals surface area (Å²) in [6, 6.07) is 10.9. The lowest BCUT2D eigenvalue weighted by molar-refractivity contribution is -0.123. The SMILES string of the molecule is CC1CCCCC1NC(=O)CN1CCN(c2ccccc2)CC1. The van der Waals surface area contributed by atoms with Crippen LogP contribution in [-0.2, 0) is 4.79 Å². The second-order valence-corrected chi connectivity index (χ2v) is 7.03. The number of piperazine rings is 1. The molecule has 1 heterocycles. The average molecular weight is 315 g/mol. The molecule has 1 saturated heterocycles. The highest BCUT2D eigenvalue weighted by Crippen LogP contribution is 2.23. The van der Waals surface area contributed by atoms with Gasteiger partial charge in [-0.2, -0.15) is 0 Å². The number of hydrogen-bond donors (Lipinski definition) is 1. The van der Waals surface area contributed by atoms with Gasteiger partial charge >= 0.3 is 0 Å². The maximum Gasteiger partial charge on any atom is 0.234 e. The second-order valence-electron chi connectivity index (χ2n) is 7.03. The molecule has 4 heteroatoms. The van der Waals surface area contributed by atoms with Crippen molar-refractivity contribution in [1.82, 2.24) is 10.2 Å². The lowest BCUT2D eigenvalue weighted by Gasteiger charge is -2.36. The van der Waals surface area contributed by atoms with Crippen LogP contribution in [0.3, 0.4) is 0 Å². The molecule has 3 rings (SSSR count). The zero-order valence-corrected chi connectivity index (χ0v) is 14.2. The molecule has 0 radical (unpaired) electrons. The van der Waals surface area contributed by atoms with Gasteiger partial charge in [-0.25, -0.2) is 0 Å². The predicted molar refractivity (Wildman–Crippen MR) is 94.7 cm³/mol. The Morgan fingerprint density at radius 1 is 1.09 bits per heavy atom. The maximum atomic E-state index is 12.3. The molecule has 0 aromatic heterocycles. The molecule has 23 heavy (non-hydrogen) atoms. The number of nitrogens with zero attached hydrogens (tertiary/aromatic N) is 2. The summed E-state index contributed by atoms with van der Waals surface area (Å²) in [6.07, 6.45) is 4.97. The average Bonchev–Trinajstić information content (AvgIpc) is 2.58. The van der Waals surface area contributed by atoms with Crippen molar-refractivity contribution in [2.24, 2.45) is 5.92 Å². The Balaban J connectivity index is 1.42. The van der Waals surface area contributed by atoms with Crippen molar-refractivity contribution in [3.05, 3.63) is 30.3 Å². The van der Waals surface area contributed by atoms with Crippen molar-refractivity contribution in [2.75, 3.05) is 37.6 Å². The third-order valence-corrected chi connectivity index (χ3v) is 5.32. The van der Waals surface area contributed by atoms with Crippen molar-refractivity contribution in [3.63, 3.8) is 0 Å². The van der Waals surface area contributed by atoms with Crippen LogP contribution in [0.5, 0.6) is 0 Å². The molecular formula is C19H29N3O. The van der Waals surface area contributed by atoms with Crippen LogP contribution in [0, 0.1) is 5.92 Å². The van der Waals surface area contributed by atoms with Crippen molar-refractivity contribution in [1.29, 1.82) is 0 Å². The Hall–Kier alpha value is -1.55. The van der Waals surface area contributed by atoms with E-state index in [4.69, 9.17) is 0 Å². The van der Waals surface area contributed by atoms with Gasteiger partial charge in [0.05, 0.1) is 6.54 Å². The van der Waals surface area contributed by atoms with E-state index in [1.807, 2.05) is 0 Å². The minimum absolute atomic E-state index is 0.205. The van der Waals surface area contributed by atoms with Gasteiger partial charge in [0.2, 0.25) is 5.91 Å². The molecule has 1 aliphatic heterocycles. The van der Waals surface area contributed by atoms with E-state index >= 15 is 0 Å². The van der Waals surface area contributed by atoms with E-state index in [0.29, 0.717) is 18.5 Å². The Kier molecular flexibility index (Phi) is 5.55. The smallest absolute Gasteiger partial charge is 0.234 e. The first kappa shape index (κ1) is 16.3. The molecule has 1 aliphatic carbocycles. The van der Waals surface area contributed by atoms with E-state index < -0.39 is 0 Å². The number of rotatable bonds is 4. The van der Waals surface area contributed by atoms with Crippen molar-refractivity contribution in [3.8, 4) is 0 Å². The Morgan fingerprint density at radius 2 is 1.78 bits per heavy atom. The highest BCUT2D eigenvalue weighted by Gasteiger charge is 2.24. The highest BCUT2D eigenvalue weighted by molar-refractivity contribution is 5.78. The van der Waals surface area contributed by atoms with Gasteiger partial charge < -0.3 is 10.2 Å². The zero-order chi connectivity index (χ0) is 16.1. The number of hydrogen-bond acceptors (Lipinski definition) is 3. The molecule has 2 aliphatic rings. The van der Waals surface area contributed by atoms with Crippen LogP contribution in [0.15, 0.2) is 30.3 Å². The maximum absolute atomic E-state index is 12.3. The fourth-order valence-corrected chi connectivity index (χ4v) is 3.79. The molecule has 4 nitrogen and oxygen atoms in total. The van der Waals surface area contributed by atoms with E-state index in [-0.39, 0.29) is 5.91 Å². The van der Waals surface area contributed by atoms with E-state index in [9.17, 15) is 4.79 Å². The van der Waals surface area contributed by atoms with Crippen LogP contribution in [0.4, 0.5) is 5.69 Å². The third-order valence-electron chi connectivity index (χ3n) is 5.32. The van der Waals surface area contributed by atoms with Crippen LogP contribution in [0.2, 0.25) is 0 Å². The number of para-hydroxylation sites is 1. The number of anilines is 1. The van der Waals surface area contributed by atoms with Crippen molar-refractivity contribution >= 4 is 11.6 Å². The van der Waals surface area contributed by atoms with Gasteiger partial charge in [0.15, 0.2) is 0 Å². The highest BCUT2D eigenvalue weighted by atomic mass is 16.2. The topological polar surface area (TPSA) is 35.6 Å². The van der Waals surface area contributed by atoms with Gasteiger partial charge in [0.1, 0.15) is 0 Å². The normalized spacial score (nSPS) is 26.0. The standard InChI is InChI=1S/C19H29N3O/c1-16-7-5-6-10-18(16)20-19(23)15-21-11-13-22(14-12-21)17-8-3-2-4-9-17/h2-4,8-9,16,18H,5-7,10-15H2,1H3,(H,20,23). The third kappa shape index (κ3) is 4.47. The lowest BCUT2D eigenvalue weighted by Crippen LogP contribution is -2.51. The summed E-state index contributed by atoms with van der Waals surface area (Å²) in [5.41, 5.74) is 1.28. The summed E-state index contributed by atoms with van der Waals surface area (Å²) in [6.45, 7) is 6.73. The summed E-state index contributed by atoms with van der Waals surface area (Å²) >= 11 is 0. The Morgan fingerprint density at radius 3 is 2.48 bits per heavy atom. The van der Waals surface area contributed by atoms with Crippen LogP contribution in [-0.4, -0.2) is 49.6 Å². The molecule has 1 aromatic rings. The summed E-state index contributed by atoms with van der Waals surface area (Å²) < 4.78 is 0. The van der Waals surface area contributed by atoms with Gasteiger partial charge in [-0.15, -0.1) is 0 Å². The van der Waals surface area contributed by atoms with Gasteiger partial charge in [-0.05, 0) is 30.9 Å². The van der Waals surface area contributed by atoms with E-state index in [1.54, 1.807) is 0 Å². The largest absolute Gasteiger partial charge is 0.369 e. The number of benzene rings is 1. The summed E-state index contributed by atoms with van der Waals surface area (Å²) in [4.78, 5) is 17.0. The summed E-state index contributed by atoms with van der Waals surface area (Å²) in [7, 11) is 0. The molecule has 0 bridgehead atoms. The minimum atomic E-state index is 0.205. The van der Waals surface area contributed by atoms with Crippen LogP contribution in [0.1, 0.15) is 32.6 Å². The number of carbonyl (C=O) groups is 1. The predicted octanol–water partition coefficient (Wildman–Crippen LogP) is 2.50. The Labute approximate surface area is 139 Å². The monoisotopic (exact) mass is 315 g/mol. The molecule has 2 fully saturated rings. The van der Waals surface area contributed by atoms with E-state index in [0.717, 1.165) is 32.6 Å². The van der Waals surface area contributed by atoms with Crippen LogP contribution in [0.25, 0.3) is 0 Å². The number of amides is 1. The van der Waals surface area contributed by atoms with E-state index in [2.05, 4.69) is 52.4 Å². The van der Waals surface area contributed by atoms with Gasteiger partial charge in [0, 0.05) is 37.9 Å². The van der Waals surface area contributed by atoms with Gasteiger partial charge in [-0.1, -0.05) is 38.0 Å². The van der Waals surface area contributed by atoms with Crippen LogP contribution >= 0.6 is 0 Å². The number of nitrogens with one attached hydrogen (secondary N) is 1. The molecule has 0 spiro atoms. The minimum Gasteiger partial charge on any atom is -0.369 e. The fraction of sp³-hybridized carbons (Fsp3) is 0.632. The molecule has 1 aromatic carbocycles. The first-order chi connectivity index (χ1) is 11.2. The Bertz CT molecular complexity index is 497. The van der Waals surface area contributed by atoms with Crippen molar-refractivity contribution < 1.29 is 4.79 Å². The van der Waals surface area contributed by atoms with Crippen LogP contribution < -0.4 is 10.2 Å². The molecule has 2 atom stereocenters. The zero-order valence-electron chi connectivity index (χ0n) is 14.2. The second kappa shape index (κ2) is 7.82. The summed E-state index contributed by atoms with van der Waals surface area (Å²) in [5, 5.41) is 3.26. The quantitative estimate of drug-likeness (QED) is 0.927. The summed E-state index contributed by atoms with van der Waals surface area (Å²) in [5.74, 6) is 0.833. The molecular weight excluding hydrogens is 286 g/mol. The molecule has 1 saturated carbocycles. The first-order valence-corrected chi connectivity index (χ1v) is 9.04. The molecule has 1 amide bonds. The van der Waals surface area contributed by atoms with E-state index in [1.165, 1.54) is 24.9 Å². The first-order valence-electron chi connectivity index (χ1n) is 9.04. The van der Waals surface area contributed by atoms with Crippen molar-refractivity contribution in [2.45, 2.75) is 38.6 Å². The van der Waals surface area contributed by atoms with Gasteiger partial charge in [-0.3, -0.25) is 9.69 Å². The fourth-order valence-electron chi connectivity index (χ4n) is 3.79. The molecule has 1 N–H and O–H groups in total. The van der Waals surface area contributed by atoms with Gasteiger partial charge in [0.25, 0.3) is 0 Å². The number of carbonyl (C=O) groups excluding carboxylic acids is 1. The lowest BCUT2D eigenvalue weighted by atomic mass is 9.86. The molecule has 2 unspecified atom stereocenters. The molecule has 126 valence electrons.